The molecule has 0 radical (unpaired) electrons. The number of anilines is 1. The molecule has 33 heavy (non-hydrogen) atoms. The molecule has 0 heterocycles. The minimum absolute atomic E-state index is 0.0227. The molecule has 1 aliphatic rings. The molecule has 3 N–H and O–H groups in total. The Morgan fingerprint density at radius 3 is 2.00 bits per heavy atom. The van der Waals surface area contributed by atoms with E-state index >= 15 is 0 Å². The van der Waals surface area contributed by atoms with Crippen molar-refractivity contribution in [3.8, 4) is 0 Å². The highest BCUT2D eigenvalue weighted by atomic mass is 32.2. The van der Waals surface area contributed by atoms with Gasteiger partial charge in [-0.2, -0.15) is 13.2 Å². The Kier molecular flexibility index (Phi) is 7.85. The highest BCUT2D eigenvalue weighted by Crippen LogP contribution is 2.48. The lowest BCUT2D eigenvalue weighted by molar-refractivity contribution is -0.192. The average molecular weight is 488 g/mol. The summed E-state index contributed by atoms with van der Waals surface area (Å²) in [7, 11) is -3.80. The maximum absolute atomic E-state index is 13.0. The summed E-state index contributed by atoms with van der Waals surface area (Å²) in [6, 6.07) is 11.3. The largest absolute Gasteiger partial charge is 0.490 e. The third-order valence-corrected chi connectivity index (χ3v) is 6.04. The van der Waals surface area contributed by atoms with E-state index in [-0.39, 0.29) is 10.8 Å². The van der Waals surface area contributed by atoms with Gasteiger partial charge in [0.15, 0.2) is 0 Å². The van der Waals surface area contributed by atoms with Gasteiger partial charge in [-0.15, -0.1) is 6.58 Å². The number of carboxylic acid groups (broad SMARTS) is 1. The molecule has 12 heteroatoms. The Bertz CT molecular complexity index is 1110. The monoisotopic (exact) mass is 488 g/mol. The summed E-state index contributed by atoms with van der Waals surface area (Å²) < 4.78 is 71.8. The summed E-state index contributed by atoms with van der Waals surface area (Å²) in [6.45, 7) is 4.00. The molecular weight excluding hydrogens is 468 g/mol. The fourth-order valence-electron chi connectivity index (χ4n) is 2.79. The summed E-state index contributed by atoms with van der Waals surface area (Å²) in [5.74, 6) is -3.30. The topological polar surface area (TPSA) is 113 Å². The van der Waals surface area contributed by atoms with Crippen LogP contribution in [0, 0.1) is 5.82 Å². The SMILES string of the molecule is C=CCNC(=O)C1(c2ccc(NS(=O)(=O)c3ccc(F)cc3)cc2)CC1.O=C(O)C(F)(F)F. The predicted octanol–water partition coefficient (Wildman–Crippen LogP) is 3.59. The summed E-state index contributed by atoms with van der Waals surface area (Å²) in [6.07, 6.45) is -1.94. The maximum atomic E-state index is 13.0. The van der Waals surface area contributed by atoms with E-state index in [4.69, 9.17) is 9.90 Å². The van der Waals surface area contributed by atoms with Crippen LogP contribution in [0.1, 0.15) is 18.4 Å². The Labute approximate surface area is 187 Å². The fourth-order valence-corrected chi connectivity index (χ4v) is 3.85. The van der Waals surface area contributed by atoms with Gasteiger partial charge in [0.1, 0.15) is 5.82 Å². The van der Waals surface area contributed by atoms with E-state index in [0.29, 0.717) is 12.2 Å². The van der Waals surface area contributed by atoms with Gasteiger partial charge in [0.25, 0.3) is 10.0 Å². The van der Waals surface area contributed by atoms with E-state index in [2.05, 4.69) is 16.6 Å². The van der Waals surface area contributed by atoms with Gasteiger partial charge in [-0.3, -0.25) is 9.52 Å². The number of carbonyl (C=O) groups excluding carboxylic acids is 1. The molecule has 7 nitrogen and oxygen atoms in total. The van der Waals surface area contributed by atoms with Crippen molar-refractivity contribution in [2.24, 2.45) is 0 Å². The van der Waals surface area contributed by atoms with Crippen LogP contribution in [-0.4, -0.2) is 38.1 Å². The van der Waals surface area contributed by atoms with E-state index in [9.17, 15) is 30.8 Å². The highest BCUT2D eigenvalue weighted by Gasteiger charge is 2.50. The summed E-state index contributed by atoms with van der Waals surface area (Å²) in [5, 5.41) is 9.94. The first-order chi connectivity index (χ1) is 15.3. The number of sulfonamides is 1. The van der Waals surface area contributed by atoms with Crippen molar-refractivity contribution in [2.75, 3.05) is 11.3 Å². The highest BCUT2D eigenvalue weighted by molar-refractivity contribution is 7.92. The number of hydrogen-bond acceptors (Lipinski definition) is 4. The van der Waals surface area contributed by atoms with Crippen LogP contribution in [0.4, 0.5) is 23.2 Å². The van der Waals surface area contributed by atoms with Crippen molar-refractivity contribution >= 4 is 27.6 Å². The molecule has 0 bridgehead atoms. The first kappa shape index (κ1) is 25.8. The van der Waals surface area contributed by atoms with E-state index in [1.54, 1.807) is 30.3 Å². The lowest BCUT2D eigenvalue weighted by Gasteiger charge is -2.16. The van der Waals surface area contributed by atoms with Crippen LogP contribution >= 0.6 is 0 Å². The minimum Gasteiger partial charge on any atom is -0.475 e. The second-order valence-electron chi connectivity index (χ2n) is 7.02. The normalized spacial score (nSPS) is 14.3. The molecule has 178 valence electrons. The minimum atomic E-state index is -5.08. The van der Waals surface area contributed by atoms with Crippen molar-refractivity contribution in [1.29, 1.82) is 0 Å². The molecule has 1 amide bonds. The number of halogens is 4. The van der Waals surface area contributed by atoms with Crippen LogP contribution in [-0.2, 0) is 25.0 Å². The lowest BCUT2D eigenvalue weighted by atomic mass is 9.95. The van der Waals surface area contributed by atoms with Crippen LogP contribution < -0.4 is 10.0 Å². The molecule has 1 aliphatic carbocycles. The number of benzene rings is 2. The number of aliphatic carboxylic acids is 1. The number of rotatable bonds is 7. The first-order valence-electron chi connectivity index (χ1n) is 9.40. The zero-order chi connectivity index (χ0) is 24.9. The van der Waals surface area contributed by atoms with Crippen LogP contribution in [0.2, 0.25) is 0 Å². The van der Waals surface area contributed by atoms with Crippen LogP contribution in [0.15, 0.2) is 66.1 Å². The van der Waals surface area contributed by atoms with Gasteiger partial charge >= 0.3 is 12.1 Å². The van der Waals surface area contributed by atoms with Crippen molar-refractivity contribution in [3.63, 3.8) is 0 Å². The standard InChI is InChI=1S/C19H19FN2O3S.C2HF3O2/c1-2-13-21-18(23)19(11-12-19)14-3-7-16(8-4-14)22-26(24,25)17-9-5-15(20)6-10-17;3-2(4,5)1(6)7/h2-10,22H,1,11-13H2,(H,21,23);(H,6,7). The number of carboxylic acids is 1. The third-order valence-electron chi connectivity index (χ3n) is 4.65. The van der Waals surface area contributed by atoms with E-state index in [1.807, 2.05) is 0 Å². The van der Waals surface area contributed by atoms with Crippen molar-refractivity contribution in [3.05, 3.63) is 72.6 Å². The lowest BCUT2D eigenvalue weighted by Crippen LogP contribution is -2.34. The molecule has 1 fully saturated rings. The molecule has 0 aliphatic heterocycles. The Morgan fingerprint density at radius 2 is 1.58 bits per heavy atom. The van der Waals surface area contributed by atoms with E-state index in [1.165, 1.54) is 12.1 Å². The molecule has 2 aromatic carbocycles. The molecular formula is C21H20F4N2O5S. The number of nitrogens with one attached hydrogen (secondary N) is 2. The van der Waals surface area contributed by atoms with Gasteiger partial charge in [0.2, 0.25) is 5.91 Å². The van der Waals surface area contributed by atoms with Gasteiger partial charge in [-0.05, 0) is 54.8 Å². The number of carbonyl (C=O) groups is 2. The molecule has 1 saturated carbocycles. The molecule has 0 atom stereocenters. The molecule has 0 unspecified atom stereocenters. The third kappa shape index (κ3) is 6.78. The summed E-state index contributed by atoms with van der Waals surface area (Å²) in [4.78, 5) is 21.2. The zero-order valence-corrected chi connectivity index (χ0v) is 17.8. The Balaban J connectivity index is 0.000000479. The molecule has 3 rings (SSSR count). The molecule has 0 spiro atoms. The quantitative estimate of drug-likeness (QED) is 0.407. The maximum Gasteiger partial charge on any atom is 0.490 e. The van der Waals surface area contributed by atoms with Crippen molar-refractivity contribution in [1.82, 2.24) is 5.32 Å². The zero-order valence-electron chi connectivity index (χ0n) is 17.0. The fraction of sp³-hybridized carbons (Fsp3) is 0.238. The predicted molar refractivity (Wildman–Crippen MR) is 111 cm³/mol. The molecule has 0 aromatic heterocycles. The van der Waals surface area contributed by atoms with Gasteiger partial charge in [-0.1, -0.05) is 18.2 Å². The second-order valence-corrected chi connectivity index (χ2v) is 8.70. The van der Waals surface area contributed by atoms with Crippen LogP contribution in [0.3, 0.4) is 0 Å². The molecule has 0 saturated heterocycles. The second kappa shape index (κ2) is 10.0. The van der Waals surface area contributed by atoms with Gasteiger partial charge in [-0.25, -0.2) is 17.6 Å². The number of amides is 1. The van der Waals surface area contributed by atoms with Crippen LogP contribution in [0.5, 0.6) is 0 Å². The smallest absolute Gasteiger partial charge is 0.475 e. The first-order valence-corrected chi connectivity index (χ1v) is 10.9. The molecule has 2 aromatic rings. The average Bonchev–Trinajstić information content (AvgIpc) is 3.54. The summed E-state index contributed by atoms with van der Waals surface area (Å²) in [5.41, 5.74) is 0.696. The van der Waals surface area contributed by atoms with E-state index in [0.717, 1.165) is 30.5 Å². The van der Waals surface area contributed by atoms with Gasteiger partial charge in [0.05, 0.1) is 10.3 Å². The van der Waals surface area contributed by atoms with Crippen molar-refractivity contribution in [2.45, 2.75) is 29.3 Å². The van der Waals surface area contributed by atoms with Gasteiger partial charge < -0.3 is 10.4 Å². The van der Waals surface area contributed by atoms with E-state index < -0.39 is 33.4 Å². The Hall–Kier alpha value is -3.41. The Morgan fingerprint density at radius 1 is 1.06 bits per heavy atom. The van der Waals surface area contributed by atoms with Gasteiger partial charge in [0, 0.05) is 12.2 Å². The van der Waals surface area contributed by atoms with Crippen LogP contribution in [0.25, 0.3) is 0 Å². The van der Waals surface area contributed by atoms with Crippen molar-refractivity contribution < 1.29 is 40.7 Å². The number of hydrogen-bond donors (Lipinski definition) is 3. The summed E-state index contributed by atoms with van der Waals surface area (Å²) >= 11 is 0. The number of alkyl halides is 3.